The van der Waals surface area contributed by atoms with E-state index in [-0.39, 0.29) is 5.60 Å². The zero-order valence-electron chi connectivity index (χ0n) is 8.34. The predicted octanol–water partition coefficient (Wildman–Crippen LogP) is 2.06. The molecular formula is C10H11N3OS. The molecule has 78 valence electrons. The average Bonchev–Trinajstić information content (AvgIpc) is 2.76. The molecule has 1 aliphatic carbocycles. The summed E-state index contributed by atoms with van der Waals surface area (Å²) in [5, 5.41) is 4.13. The van der Waals surface area contributed by atoms with Gasteiger partial charge in [-0.1, -0.05) is 0 Å². The molecule has 2 heterocycles. The Balaban J connectivity index is 1.98. The second kappa shape index (κ2) is 2.88. The summed E-state index contributed by atoms with van der Waals surface area (Å²) in [5.41, 5.74) is 1.66. The summed E-state index contributed by atoms with van der Waals surface area (Å²) in [6.07, 6.45) is 3.98. The minimum atomic E-state index is 0.0115. The third-order valence-corrected chi connectivity index (χ3v) is 2.83. The molecule has 0 aliphatic heterocycles. The van der Waals surface area contributed by atoms with Crippen molar-refractivity contribution in [1.82, 2.24) is 14.2 Å². The fraction of sp³-hybridized carbons (Fsp3) is 0.400. The molecule has 15 heavy (non-hydrogen) atoms. The van der Waals surface area contributed by atoms with Gasteiger partial charge in [-0.15, -0.1) is 0 Å². The van der Waals surface area contributed by atoms with Crippen LogP contribution in [0.4, 0.5) is 0 Å². The summed E-state index contributed by atoms with van der Waals surface area (Å²) in [6.45, 7) is 2.10. The van der Waals surface area contributed by atoms with Crippen molar-refractivity contribution in [3.8, 4) is 5.88 Å². The number of hydrogen-bond donors (Lipinski definition) is 1. The first-order valence-corrected chi connectivity index (χ1v) is 5.29. The lowest BCUT2D eigenvalue weighted by atomic mass is 10.4. The van der Waals surface area contributed by atoms with Gasteiger partial charge in [-0.25, -0.2) is 9.07 Å². The van der Waals surface area contributed by atoms with Crippen molar-refractivity contribution >= 4 is 23.8 Å². The molecule has 1 saturated carbocycles. The summed E-state index contributed by atoms with van der Waals surface area (Å²) in [4.78, 5) is 4.37. The highest BCUT2D eigenvalue weighted by Gasteiger charge is 2.40. The number of nitrogens with zero attached hydrogens (tertiary/aromatic N) is 3. The second-order valence-electron chi connectivity index (χ2n) is 4.16. The maximum absolute atomic E-state index is 5.76. The normalized spacial score (nSPS) is 18.0. The van der Waals surface area contributed by atoms with Crippen LogP contribution >= 0.6 is 12.8 Å². The Morgan fingerprint density at radius 1 is 1.40 bits per heavy atom. The van der Waals surface area contributed by atoms with Crippen LogP contribution in [0, 0.1) is 0 Å². The first-order chi connectivity index (χ1) is 7.15. The number of thiol groups is 1. The Kier molecular flexibility index (Phi) is 1.74. The molecule has 0 radical (unpaired) electrons. The van der Waals surface area contributed by atoms with Crippen molar-refractivity contribution in [2.75, 3.05) is 0 Å². The highest BCUT2D eigenvalue weighted by molar-refractivity contribution is 7.78. The van der Waals surface area contributed by atoms with Crippen molar-refractivity contribution in [2.45, 2.75) is 25.4 Å². The van der Waals surface area contributed by atoms with E-state index in [9.17, 15) is 0 Å². The summed E-state index contributed by atoms with van der Waals surface area (Å²) in [5.74, 6) is 0.670. The molecule has 2 aromatic heterocycles. The maximum atomic E-state index is 5.76. The minimum Gasteiger partial charge on any atom is -0.471 e. The van der Waals surface area contributed by atoms with Crippen LogP contribution in [-0.4, -0.2) is 19.8 Å². The van der Waals surface area contributed by atoms with Gasteiger partial charge in [0.15, 0.2) is 0 Å². The van der Waals surface area contributed by atoms with Gasteiger partial charge in [0.2, 0.25) is 5.88 Å². The zero-order valence-corrected chi connectivity index (χ0v) is 9.24. The van der Waals surface area contributed by atoms with Crippen LogP contribution < -0.4 is 4.74 Å². The highest BCUT2D eigenvalue weighted by atomic mass is 32.1. The summed E-state index contributed by atoms with van der Waals surface area (Å²) in [6, 6.07) is 3.75. The van der Waals surface area contributed by atoms with E-state index in [1.54, 1.807) is 6.20 Å². The molecular weight excluding hydrogens is 210 g/mol. The van der Waals surface area contributed by atoms with Crippen LogP contribution in [0.15, 0.2) is 18.3 Å². The fourth-order valence-electron chi connectivity index (χ4n) is 1.46. The Bertz CT molecular complexity index is 518. The summed E-state index contributed by atoms with van der Waals surface area (Å²) >= 11 is 4.10. The van der Waals surface area contributed by atoms with E-state index in [4.69, 9.17) is 4.74 Å². The van der Waals surface area contributed by atoms with Crippen molar-refractivity contribution in [3.05, 3.63) is 18.3 Å². The monoisotopic (exact) mass is 221 g/mol. The molecule has 0 N–H and O–H groups in total. The molecule has 0 aromatic carbocycles. The van der Waals surface area contributed by atoms with Gasteiger partial charge in [-0.3, -0.25) is 0 Å². The lowest BCUT2D eigenvalue weighted by Gasteiger charge is -2.10. The molecule has 3 rings (SSSR count). The number of pyridine rings is 1. The van der Waals surface area contributed by atoms with Crippen LogP contribution in [0.5, 0.6) is 5.88 Å². The van der Waals surface area contributed by atoms with Crippen LogP contribution in [0.1, 0.15) is 19.8 Å². The molecule has 5 heteroatoms. The van der Waals surface area contributed by atoms with Crippen molar-refractivity contribution in [2.24, 2.45) is 0 Å². The largest absolute Gasteiger partial charge is 0.471 e. The average molecular weight is 221 g/mol. The molecule has 0 unspecified atom stereocenters. The van der Waals surface area contributed by atoms with E-state index in [1.165, 1.54) is 4.09 Å². The molecule has 1 aliphatic rings. The van der Waals surface area contributed by atoms with E-state index in [2.05, 4.69) is 29.8 Å². The zero-order chi connectivity index (χ0) is 10.5. The van der Waals surface area contributed by atoms with Gasteiger partial charge >= 0.3 is 0 Å². The fourth-order valence-corrected chi connectivity index (χ4v) is 1.67. The Morgan fingerprint density at radius 3 is 2.93 bits per heavy atom. The lowest BCUT2D eigenvalue weighted by Crippen LogP contribution is -2.12. The minimum absolute atomic E-state index is 0.0115. The smallest absolute Gasteiger partial charge is 0.214 e. The Hall–Kier alpha value is -1.23. The van der Waals surface area contributed by atoms with Gasteiger partial charge in [0.25, 0.3) is 0 Å². The van der Waals surface area contributed by atoms with Gasteiger partial charge in [-0.05, 0) is 38.6 Å². The molecule has 1 fully saturated rings. The standard InChI is InChI=1S/C10H11N3OS/c1-10(4-5-10)14-9-3-2-7-8(11-9)6-13(15)12-7/h2-3,6,15H,4-5H2,1H3. The Labute approximate surface area is 92.8 Å². The second-order valence-corrected chi connectivity index (χ2v) is 4.57. The number of ether oxygens (including phenoxy) is 1. The topological polar surface area (TPSA) is 39.9 Å². The van der Waals surface area contributed by atoms with E-state index in [1.807, 2.05) is 12.1 Å². The lowest BCUT2D eigenvalue weighted by molar-refractivity contribution is 0.192. The van der Waals surface area contributed by atoms with Crippen molar-refractivity contribution in [3.63, 3.8) is 0 Å². The van der Waals surface area contributed by atoms with Crippen LogP contribution in [-0.2, 0) is 0 Å². The van der Waals surface area contributed by atoms with Crippen LogP contribution in [0.25, 0.3) is 11.0 Å². The number of hydrogen-bond acceptors (Lipinski definition) is 4. The van der Waals surface area contributed by atoms with E-state index in [0.717, 1.165) is 23.9 Å². The van der Waals surface area contributed by atoms with E-state index in [0.29, 0.717) is 5.88 Å². The maximum Gasteiger partial charge on any atom is 0.214 e. The quantitative estimate of drug-likeness (QED) is 0.789. The van der Waals surface area contributed by atoms with E-state index >= 15 is 0 Å². The molecule has 0 saturated heterocycles. The van der Waals surface area contributed by atoms with E-state index < -0.39 is 0 Å². The molecule has 0 bridgehead atoms. The summed E-state index contributed by atoms with van der Waals surface area (Å²) in [7, 11) is 0. The predicted molar refractivity (Wildman–Crippen MR) is 60.2 cm³/mol. The van der Waals surface area contributed by atoms with Gasteiger partial charge in [0.05, 0.1) is 6.20 Å². The first kappa shape index (κ1) is 9.03. The van der Waals surface area contributed by atoms with Gasteiger partial charge in [0.1, 0.15) is 16.6 Å². The van der Waals surface area contributed by atoms with Gasteiger partial charge in [-0.2, -0.15) is 5.10 Å². The molecule has 0 amide bonds. The third kappa shape index (κ3) is 1.67. The van der Waals surface area contributed by atoms with Gasteiger partial charge in [0, 0.05) is 6.07 Å². The van der Waals surface area contributed by atoms with Crippen molar-refractivity contribution in [1.29, 1.82) is 0 Å². The van der Waals surface area contributed by atoms with Crippen LogP contribution in [0.2, 0.25) is 0 Å². The number of aromatic nitrogens is 3. The van der Waals surface area contributed by atoms with Gasteiger partial charge < -0.3 is 4.74 Å². The molecule has 4 nitrogen and oxygen atoms in total. The van der Waals surface area contributed by atoms with Crippen molar-refractivity contribution < 1.29 is 4.74 Å². The molecule has 0 atom stereocenters. The first-order valence-electron chi connectivity index (χ1n) is 4.89. The molecule has 2 aromatic rings. The number of fused-ring (bicyclic) bond motifs is 1. The summed E-state index contributed by atoms with van der Waals surface area (Å²) < 4.78 is 7.22. The van der Waals surface area contributed by atoms with Crippen LogP contribution in [0.3, 0.4) is 0 Å². The Morgan fingerprint density at radius 2 is 2.20 bits per heavy atom. The third-order valence-electron chi connectivity index (χ3n) is 2.63. The highest BCUT2D eigenvalue weighted by Crippen LogP contribution is 2.39. The molecule has 0 spiro atoms. The SMILES string of the molecule is CC1(Oc2ccc3nn(S)cc3n2)CC1. The number of rotatable bonds is 2.